The van der Waals surface area contributed by atoms with E-state index in [4.69, 9.17) is 4.74 Å². The molecule has 1 aliphatic rings. The summed E-state index contributed by atoms with van der Waals surface area (Å²) in [4.78, 5) is 28.7. The third-order valence-electron chi connectivity index (χ3n) is 4.50. The summed E-state index contributed by atoms with van der Waals surface area (Å²) < 4.78 is 5.32. The third-order valence-corrected chi connectivity index (χ3v) is 4.50. The van der Waals surface area contributed by atoms with Crippen molar-refractivity contribution in [3.05, 3.63) is 35.9 Å². The molecule has 1 heterocycles. The molecule has 138 valence electrons. The Labute approximate surface area is 150 Å². The van der Waals surface area contributed by atoms with Gasteiger partial charge in [0.15, 0.2) is 0 Å². The van der Waals surface area contributed by atoms with Crippen LogP contribution in [0.1, 0.15) is 25.8 Å². The van der Waals surface area contributed by atoms with Gasteiger partial charge in [0, 0.05) is 39.1 Å². The van der Waals surface area contributed by atoms with E-state index in [1.807, 2.05) is 37.3 Å². The van der Waals surface area contributed by atoms with Crippen LogP contribution in [-0.4, -0.2) is 67.0 Å². The molecule has 1 unspecified atom stereocenters. The van der Waals surface area contributed by atoms with E-state index < -0.39 is 6.04 Å². The van der Waals surface area contributed by atoms with E-state index in [2.05, 4.69) is 10.2 Å². The maximum absolute atomic E-state index is 12.5. The number of nitrogens with one attached hydrogen (secondary N) is 1. The van der Waals surface area contributed by atoms with Gasteiger partial charge in [-0.1, -0.05) is 37.3 Å². The number of morpholine rings is 1. The summed E-state index contributed by atoms with van der Waals surface area (Å²) in [5.74, 6) is -0.120. The van der Waals surface area contributed by atoms with E-state index in [9.17, 15) is 9.59 Å². The lowest BCUT2D eigenvalue weighted by molar-refractivity contribution is -0.140. The van der Waals surface area contributed by atoms with Crippen molar-refractivity contribution < 1.29 is 14.3 Å². The number of amides is 2. The molecule has 1 aromatic rings. The molecule has 0 aliphatic carbocycles. The van der Waals surface area contributed by atoms with Gasteiger partial charge in [-0.3, -0.25) is 14.5 Å². The van der Waals surface area contributed by atoms with Gasteiger partial charge in [-0.15, -0.1) is 0 Å². The molecular formula is C19H29N3O3. The highest BCUT2D eigenvalue weighted by Crippen LogP contribution is 2.10. The number of ether oxygens (including phenoxy) is 1. The maximum Gasteiger partial charge on any atom is 0.242 e. The van der Waals surface area contributed by atoms with Gasteiger partial charge in [0.2, 0.25) is 11.8 Å². The van der Waals surface area contributed by atoms with E-state index in [0.717, 1.165) is 38.4 Å². The summed E-state index contributed by atoms with van der Waals surface area (Å²) in [6.07, 6.45) is 0.387. The van der Waals surface area contributed by atoms with Gasteiger partial charge < -0.3 is 15.0 Å². The Balaban J connectivity index is 1.87. The van der Waals surface area contributed by atoms with Crippen molar-refractivity contribution in [2.24, 2.45) is 0 Å². The third kappa shape index (κ3) is 6.14. The number of hydrogen-bond donors (Lipinski definition) is 1. The van der Waals surface area contributed by atoms with Crippen molar-refractivity contribution in [1.29, 1.82) is 0 Å². The second-order valence-electron chi connectivity index (χ2n) is 6.28. The standard InChI is InChI=1S/C19H29N3O3/c1-3-18(23)22(15-17-7-5-4-6-8-17)16(2)19(24)20-9-10-21-11-13-25-14-12-21/h4-8,16H,3,9-15H2,1-2H3,(H,20,24). The molecule has 6 nitrogen and oxygen atoms in total. The highest BCUT2D eigenvalue weighted by Gasteiger charge is 2.25. The minimum atomic E-state index is -0.489. The van der Waals surface area contributed by atoms with Crippen LogP contribution in [-0.2, 0) is 20.9 Å². The van der Waals surface area contributed by atoms with Crippen LogP contribution in [0.15, 0.2) is 30.3 Å². The van der Waals surface area contributed by atoms with Crippen molar-refractivity contribution in [3.8, 4) is 0 Å². The van der Waals surface area contributed by atoms with Crippen LogP contribution in [0.5, 0.6) is 0 Å². The molecule has 0 spiro atoms. The molecule has 0 bridgehead atoms. The summed E-state index contributed by atoms with van der Waals surface area (Å²) in [5.41, 5.74) is 1.03. The van der Waals surface area contributed by atoms with Crippen molar-refractivity contribution in [2.75, 3.05) is 39.4 Å². The lowest BCUT2D eigenvalue weighted by atomic mass is 10.1. The molecule has 2 amide bonds. The minimum Gasteiger partial charge on any atom is -0.379 e. The highest BCUT2D eigenvalue weighted by molar-refractivity contribution is 5.87. The smallest absolute Gasteiger partial charge is 0.242 e. The second-order valence-corrected chi connectivity index (χ2v) is 6.28. The van der Waals surface area contributed by atoms with Crippen LogP contribution < -0.4 is 5.32 Å². The average molecular weight is 347 g/mol. The van der Waals surface area contributed by atoms with Gasteiger partial charge in [-0.2, -0.15) is 0 Å². The summed E-state index contributed by atoms with van der Waals surface area (Å²) in [7, 11) is 0. The van der Waals surface area contributed by atoms with Crippen LogP contribution in [0.2, 0.25) is 0 Å². The molecule has 1 aromatic carbocycles. The first-order chi connectivity index (χ1) is 12.1. The summed E-state index contributed by atoms with van der Waals surface area (Å²) >= 11 is 0. The van der Waals surface area contributed by atoms with Gasteiger partial charge in [0.1, 0.15) is 6.04 Å². The SMILES string of the molecule is CCC(=O)N(Cc1ccccc1)C(C)C(=O)NCCN1CCOCC1. The van der Waals surface area contributed by atoms with Gasteiger partial charge in [0.05, 0.1) is 13.2 Å². The van der Waals surface area contributed by atoms with E-state index >= 15 is 0 Å². The Kier molecular flexibility index (Phi) is 7.88. The lowest BCUT2D eigenvalue weighted by Gasteiger charge is -2.29. The molecule has 1 atom stereocenters. The largest absolute Gasteiger partial charge is 0.379 e. The molecule has 0 saturated carbocycles. The first-order valence-corrected chi connectivity index (χ1v) is 9.03. The van der Waals surface area contributed by atoms with Crippen LogP contribution in [0.3, 0.4) is 0 Å². The Bertz CT molecular complexity index is 544. The molecule has 1 saturated heterocycles. The van der Waals surface area contributed by atoms with Crippen LogP contribution in [0, 0.1) is 0 Å². The fraction of sp³-hybridized carbons (Fsp3) is 0.579. The quantitative estimate of drug-likeness (QED) is 0.769. The number of carbonyl (C=O) groups is 2. The number of rotatable bonds is 8. The zero-order chi connectivity index (χ0) is 18.1. The van der Waals surface area contributed by atoms with Crippen molar-refractivity contribution in [2.45, 2.75) is 32.9 Å². The topological polar surface area (TPSA) is 61.9 Å². The summed E-state index contributed by atoms with van der Waals surface area (Å²) in [5, 5.41) is 2.96. The Morgan fingerprint density at radius 2 is 1.92 bits per heavy atom. The first kappa shape index (κ1) is 19.4. The zero-order valence-electron chi connectivity index (χ0n) is 15.2. The lowest BCUT2D eigenvalue weighted by Crippen LogP contribution is -2.49. The molecule has 25 heavy (non-hydrogen) atoms. The normalized spacial score (nSPS) is 16.2. The molecular weight excluding hydrogens is 318 g/mol. The van der Waals surface area contributed by atoms with Crippen molar-refractivity contribution in [1.82, 2.24) is 15.1 Å². The first-order valence-electron chi connectivity index (χ1n) is 9.03. The monoisotopic (exact) mass is 347 g/mol. The zero-order valence-corrected chi connectivity index (χ0v) is 15.2. The molecule has 1 aliphatic heterocycles. The van der Waals surface area contributed by atoms with Gasteiger partial charge in [-0.25, -0.2) is 0 Å². The Morgan fingerprint density at radius 1 is 1.24 bits per heavy atom. The predicted octanol–water partition coefficient (Wildman–Crippen LogP) is 1.26. The highest BCUT2D eigenvalue weighted by atomic mass is 16.5. The number of benzene rings is 1. The number of hydrogen-bond acceptors (Lipinski definition) is 4. The predicted molar refractivity (Wildman–Crippen MR) is 97.0 cm³/mol. The van der Waals surface area contributed by atoms with E-state index in [1.54, 1.807) is 11.8 Å². The second kappa shape index (κ2) is 10.2. The molecule has 2 rings (SSSR count). The van der Waals surface area contributed by atoms with E-state index in [1.165, 1.54) is 0 Å². The van der Waals surface area contributed by atoms with Crippen LogP contribution in [0.25, 0.3) is 0 Å². The number of nitrogens with zero attached hydrogens (tertiary/aromatic N) is 2. The maximum atomic E-state index is 12.5. The minimum absolute atomic E-state index is 0.0142. The van der Waals surface area contributed by atoms with Gasteiger partial charge in [0.25, 0.3) is 0 Å². The van der Waals surface area contributed by atoms with Crippen molar-refractivity contribution in [3.63, 3.8) is 0 Å². The Hall–Kier alpha value is -1.92. The molecule has 0 radical (unpaired) electrons. The van der Waals surface area contributed by atoms with Crippen LogP contribution in [0.4, 0.5) is 0 Å². The average Bonchev–Trinajstić information content (AvgIpc) is 2.66. The summed E-state index contributed by atoms with van der Waals surface area (Å²) in [6.45, 7) is 8.76. The van der Waals surface area contributed by atoms with Gasteiger partial charge in [-0.05, 0) is 12.5 Å². The van der Waals surface area contributed by atoms with Crippen molar-refractivity contribution >= 4 is 11.8 Å². The molecule has 6 heteroatoms. The fourth-order valence-corrected chi connectivity index (χ4v) is 2.88. The fourth-order valence-electron chi connectivity index (χ4n) is 2.88. The molecule has 0 aromatic heterocycles. The number of carbonyl (C=O) groups excluding carboxylic acids is 2. The van der Waals surface area contributed by atoms with Gasteiger partial charge >= 0.3 is 0 Å². The van der Waals surface area contributed by atoms with E-state index in [0.29, 0.717) is 19.5 Å². The molecule has 1 fully saturated rings. The molecule has 1 N–H and O–H groups in total. The van der Waals surface area contributed by atoms with E-state index in [-0.39, 0.29) is 11.8 Å². The summed E-state index contributed by atoms with van der Waals surface area (Å²) in [6, 6.07) is 9.28. The van der Waals surface area contributed by atoms with Crippen LogP contribution >= 0.6 is 0 Å². The Morgan fingerprint density at radius 3 is 2.56 bits per heavy atom.